The molecule has 3 rings (SSSR count). The molecule has 5 nitrogen and oxygen atoms in total. The molecule has 3 heterocycles. The van der Waals surface area contributed by atoms with E-state index in [1.807, 2.05) is 34.5 Å². The van der Waals surface area contributed by atoms with E-state index in [0.717, 1.165) is 17.1 Å². The lowest BCUT2D eigenvalue weighted by Crippen LogP contribution is -2.30. The number of nitrogens with zero attached hydrogens (tertiary/aromatic N) is 3. The maximum Gasteiger partial charge on any atom is 0.236 e. The van der Waals surface area contributed by atoms with Crippen molar-refractivity contribution in [3.8, 4) is 10.8 Å². The van der Waals surface area contributed by atoms with Crippen LogP contribution < -0.4 is 5.32 Å². The number of hydrogen-bond donors (Lipinski definition) is 1. The Balaban J connectivity index is 1.53. The normalized spacial score (nSPS) is 12.7. The molecule has 104 valence electrons. The molecule has 0 unspecified atom stereocenters. The average molecular weight is 288 g/mol. The number of nitrogens with one attached hydrogen (secondary N) is 1. The second-order valence-corrected chi connectivity index (χ2v) is 5.58. The predicted octanol–water partition coefficient (Wildman–Crippen LogP) is 2.78. The van der Waals surface area contributed by atoms with Crippen molar-refractivity contribution in [3.05, 3.63) is 47.9 Å². The summed E-state index contributed by atoms with van der Waals surface area (Å²) in [4.78, 5) is 5.54. The fourth-order valence-corrected chi connectivity index (χ4v) is 2.59. The monoisotopic (exact) mass is 288 g/mol. The number of aromatic nitrogens is 3. The van der Waals surface area contributed by atoms with Crippen LogP contribution in [0.25, 0.3) is 10.8 Å². The van der Waals surface area contributed by atoms with Crippen LogP contribution in [-0.4, -0.2) is 20.8 Å². The molecule has 0 saturated heterocycles. The van der Waals surface area contributed by atoms with Gasteiger partial charge in [0.15, 0.2) is 0 Å². The van der Waals surface area contributed by atoms with Gasteiger partial charge < -0.3 is 9.73 Å². The van der Waals surface area contributed by atoms with Gasteiger partial charge in [-0.2, -0.15) is 5.10 Å². The Kier molecular flexibility index (Phi) is 3.94. The van der Waals surface area contributed by atoms with Crippen molar-refractivity contribution in [2.24, 2.45) is 0 Å². The Morgan fingerprint density at radius 2 is 2.40 bits per heavy atom. The fraction of sp³-hybridized carbons (Fsp3) is 0.286. The fourth-order valence-electron chi connectivity index (χ4n) is 1.93. The highest BCUT2D eigenvalue weighted by atomic mass is 32.1. The standard InChI is InChI=1S/C14H16N4OS/c1-11(9-18-6-3-5-16-18)15-8-12-10-19-14(17-12)13-4-2-7-20-13/h2-7,10-11,15H,8-9H2,1H3/t11-/m1/s1. The molecular formula is C14H16N4OS. The first-order chi connectivity index (χ1) is 9.81. The highest BCUT2D eigenvalue weighted by Crippen LogP contribution is 2.23. The van der Waals surface area contributed by atoms with Crippen LogP contribution in [-0.2, 0) is 13.1 Å². The maximum absolute atomic E-state index is 5.49. The third kappa shape index (κ3) is 3.15. The molecule has 0 saturated carbocycles. The topological polar surface area (TPSA) is 55.9 Å². The van der Waals surface area contributed by atoms with E-state index in [1.165, 1.54) is 0 Å². The first kappa shape index (κ1) is 13.1. The number of rotatable bonds is 6. The van der Waals surface area contributed by atoms with Gasteiger partial charge in [0, 0.05) is 25.0 Å². The number of oxazole rings is 1. The zero-order chi connectivity index (χ0) is 13.8. The highest BCUT2D eigenvalue weighted by Gasteiger charge is 2.09. The minimum absolute atomic E-state index is 0.316. The van der Waals surface area contributed by atoms with Gasteiger partial charge in [-0.15, -0.1) is 11.3 Å². The highest BCUT2D eigenvalue weighted by molar-refractivity contribution is 7.13. The summed E-state index contributed by atoms with van der Waals surface area (Å²) in [5.41, 5.74) is 0.917. The lowest BCUT2D eigenvalue weighted by atomic mass is 10.3. The third-order valence-electron chi connectivity index (χ3n) is 2.94. The predicted molar refractivity (Wildman–Crippen MR) is 78.3 cm³/mol. The summed E-state index contributed by atoms with van der Waals surface area (Å²) >= 11 is 1.63. The molecule has 0 radical (unpaired) electrons. The second-order valence-electron chi connectivity index (χ2n) is 4.63. The van der Waals surface area contributed by atoms with Gasteiger partial charge in [-0.25, -0.2) is 4.98 Å². The van der Waals surface area contributed by atoms with Gasteiger partial charge in [-0.1, -0.05) is 6.07 Å². The summed E-state index contributed by atoms with van der Waals surface area (Å²) in [7, 11) is 0. The van der Waals surface area contributed by atoms with Gasteiger partial charge in [-0.3, -0.25) is 4.68 Å². The molecule has 3 aromatic rings. The minimum Gasteiger partial charge on any atom is -0.444 e. The molecule has 1 N–H and O–H groups in total. The van der Waals surface area contributed by atoms with E-state index in [-0.39, 0.29) is 0 Å². The Morgan fingerprint density at radius 3 is 3.15 bits per heavy atom. The van der Waals surface area contributed by atoms with Crippen molar-refractivity contribution < 1.29 is 4.42 Å². The van der Waals surface area contributed by atoms with E-state index >= 15 is 0 Å². The number of thiophene rings is 1. The summed E-state index contributed by atoms with van der Waals surface area (Å²) in [5.74, 6) is 0.691. The summed E-state index contributed by atoms with van der Waals surface area (Å²) in [6.45, 7) is 3.65. The van der Waals surface area contributed by atoms with Crippen LogP contribution in [0.1, 0.15) is 12.6 Å². The van der Waals surface area contributed by atoms with Crippen molar-refractivity contribution in [1.29, 1.82) is 0 Å². The van der Waals surface area contributed by atoms with Crippen LogP contribution in [0, 0.1) is 0 Å². The van der Waals surface area contributed by atoms with Gasteiger partial charge in [0.25, 0.3) is 0 Å². The first-order valence-corrected chi connectivity index (χ1v) is 7.38. The molecule has 1 atom stereocenters. The summed E-state index contributed by atoms with van der Waals surface area (Å²) in [5, 5.41) is 9.63. The van der Waals surface area contributed by atoms with E-state index < -0.39 is 0 Å². The molecule has 6 heteroatoms. The quantitative estimate of drug-likeness (QED) is 0.758. The van der Waals surface area contributed by atoms with E-state index in [0.29, 0.717) is 18.5 Å². The molecule has 0 spiro atoms. The Morgan fingerprint density at radius 1 is 1.45 bits per heavy atom. The smallest absolute Gasteiger partial charge is 0.236 e. The van der Waals surface area contributed by atoms with Gasteiger partial charge in [0.2, 0.25) is 5.89 Å². The zero-order valence-corrected chi connectivity index (χ0v) is 12.0. The van der Waals surface area contributed by atoms with Crippen LogP contribution in [0.2, 0.25) is 0 Å². The molecule has 0 aromatic carbocycles. The minimum atomic E-state index is 0.316. The Bertz CT molecular complexity index is 630. The molecular weight excluding hydrogens is 272 g/mol. The summed E-state index contributed by atoms with van der Waals surface area (Å²) < 4.78 is 7.40. The van der Waals surface area contributed by atoms with Crippen molar-refractivity contribution in [2.75, 3.05) is 0 Å². The molecule has 0 aliphatic carbocycles. The summed E-state index contributed by atoms with van der Waals surface area (Å²) in [6, 6.07) is 6.25. The Labute approximate surface area is 121 Å². The first-order valence-electron chi connectivity index (χ1n) is 6.50. The van der Waals surface area contributed by atoms with Gasteiger partial charge in [0.05, 0.1) is 17.1 Å². The molecule has 0 amide bonds. The van der Waals surface area contributed by atoms with Crippen molar-refractivity contribution in [2.45, 2.75) is 26.1 Å². The number of hydrogen-bond acceptors (Lipinski definition) is 5. The SMILES string of the molecule is C[C@H](Cn1cccn1)NCc1coc(-c2cccs2)n1. The summed E-state index contributed by atoms with van der Waals surface area (Å²) in [6.07, 6.45) is 5.46. The van der Waals surface area contributed by atoms with Crippen LogP contribution in [0.5, 0.6) is 0 Å². The largest absolute Gasteiger partial charge is 0.444 e. The molecule has 20 heavy (non-hydrogen) atoms. The molecule has 0 aliphatic heterocycles. The van der Waals surface area contributed by atoms with Crippen molar-refractivity contribution >= 4 is 11.3 Å². The second kappa shape index (κ2) is 6.02. The maximum atomic E-state index is 5.49. The van der Waals surface area contributed by atoms with Crippen molar-refractivity contribution in [1.82, 2.24) is 20.1 Å². The van der Waals surface area contributed by atoms with Crippen LogP contribution in [0.4, 0.5) is 0 Å². The van der Waals surface area contributed by atoms with Gasteiger partial charge >= 0.3 is 0 Å². The molecule has 3 aromatic heterocycles. The van der Waals surface area contributed by atoms with Crippen LogP contribution >= 0.6 is 11.3 Å². The van der Waals surface area contributed by atoms with E-state index in [4.69, 9.17) is 4.42 Å². The lowest BCUT2D eigenvalue weighted by Gasteiger charge is -2.12. The Hall–Kier alpha value is -1.92. The molecule has 0 bridgehead atoms. The lowest BCUT2D eigenvalue weighted by molar-refractivity contribution is 0.448. The molecule has 0 aliphatic rings. The third-order valence-corrected chi connectivity index (χ3v) is 3.79. The molecule has 0 fully saturated rings. The van der Waals surface area contributed by atoms with E-state index in [1.54, 1.807) is 23.8 Å². The van der Waals surface area contributed by atoms with Gasteiger partial charge in [-0.05, 0) is 24.4 Å². The van der Waals surface area contributed by atoms with Gasteiger partial charge in [0.1, 0.15) is 6.26 Å². The van der Waals surface area contributed by atoms with Crippen LogP contribution in [0.15, 0.2) is 46.7 Å². The van der Waals surface area contributed by atoms with Crippen molar-refractivity contribution in [3.63, 3.8) is 0 Å². The van der Waals surface area contributed by atoms with Crippen LogP contribution in [0.3, 0.4) is 0 Å². The van der Waals surface area contributed by atoms with E-state index in [2.05, 4.69) is 22.3 Å². The zero-order valence-electron chi connectivity index (χ0n) is 11.2. The van der Waals surface area contributed by atoms with E-state index in [9.17, 15) is 0 Å². The average Bonchev–Trinajstić information content (AvgIpc) is 3.18.